The van der Waals surface area contributed by atoms with Gasteiger partial charge in [0.15, 0.2) is 0 Å². The Morgan fingerprint density at radius 3 is 2.78 bits per heavy atom. The van der Waals surface area contributed by atoms with Crippen molar-refractivity contribution in [2.24, 2.45) is 5.84 Å². The first-order valence-corrected chi connectivity index (χ1v) is 5.80. The quantitative estimate of drug-likeness (QED) is 0.669. The van der Waals surface area contributed by atoms with Gasteiger partial charge >= 0.3 is 0 Å². The lowest BCUT2D eigenvalue weighted by molar-refractivity contribution is 0.462. The van der Waals surface area contributed by atoms with Crippen LogP contribution in [0.15, 0.2) is 24.3 Å². The molecule has 1 aromatic heterocycles. The van der Waals surface area contributed by atoms with Gasteiger partial charge in [-0.05, 0) is 19.1 Å². The minimum absolute atomic E-state index is 0.267. The second kappa shape index (κ2) is 5.39. The molecule has 1 aromatic carbocycles. The van der Waals surface area contributed by atoms with Crippen molar-refractivity contribution < 1.29 is 4.74 Å². The highest BCUT2D eigenvalue weighted by Crippen LogP contribution is 2.34. The number of nitrogens with one attached hydrogen (secondary N) is 1. The summed E-state index contributed by atoms with van der Waals surface area (Å²) in [6.45, 7) is 1.80. The number of hydrogen-bond donors (Lipinski definition) is 2. The Morgan fingerprint density at radius 1 is 1.28 bits per heavy atom. The van der Waals surface area contributed by atoms with E-state index in [1.165, 1.54) is 0 Å². The van der Waals surface area contributed by atoms with Gasteiger partial charge in [0.1, 0.15) is 10.8 Å². The molecule has 0 fully saturated rings. The zero-order valence-corrected chi connectivity index (χ0v) is 11.0. The van der Waals surface area contributed by atoms with Crippen LogP contribution in [0.1, 0.15) is 5.69 Å². The van der Waals surface area contributed by atoms with E-state index in [4.69, 9.17) is 33.8 Å². The van der Waals surface area contributed by atoms with Crippen LogP contribution in [0.4, 0.5) is 5.95 Å². The number of aryl methyl sites for hydroxylation is 1. The number of hydrogen-bond acceptors (Lipinski definition) is 5. The maximum atomic E-state index is 6.02. The van der Waals surface area contributed by atoms with Crippen molar-refractivity contribution in [1.29, 1.82) is 0 Å². The molecule has 5 nitrogen and oxygen atoms in total. The predicted octanol–water partition coefficient (Wildman–Crippen LogP) is 3.17. The van der Waals surface area contributed by atoms with Gasteiger partial charge < -0.3 is 4.74 Å². The Bertz CT molecular complexity index is 577. The summed E-state index contributed by atoms with van der Waals surface area (Å²) in [5, 5.41) is 0.745. The Hall–Kier alpha value is -1.56. The first-order chi connectivity index (χ1) is 8.60. The molecule has 1 heterocycles. The molecule has 2 aromatic rings. The van der Waals surface area contributed by atoms with Crippen LogP contribution in [0.5, 0.6) is 11.6 Å². The van der Waals surface area contributed by atoms with Gasteiger partial charge in [0.25, 0.3) is 0 Å². The van der Waals surface area contributed by atoms with E-state index in [1.807, 2.05) is 0 Å². The number of nitrogen functional groups attached to an aromatic ring is 1. The molecular formula is C11H10Cl2N4O. The van der Waals surface area contributed by atoms with Crippen molar-refractivity contribution in [2.75, 3.05) is 5.43 Å². The minimum atomic E-state index is 0.267. The highest BCUT2D eigenvalue weighted by molar-refractivity contribution is 6.42. The fourth-order valence-electron chi connectivity index (χ4n) is 1.33. The van der Waals surface area contributed by atoms with E-state index in [0.29, 0.717) is 27.4 Å². The number of ether oxygens (including phenoxy) is 1. The number of halogens is 2. The van der Waals surface area contributed by atoms with Gasteiger partial charge in [-0.15, -0.1) is 0 Å². The Kier molecular flexibility index (Phi) is 3.86. The summed E-state index contributed by atoms with van der Waals surface area (Å²) >= 11 is 11.9. The van der Waals surface area contributed by atoms with E-state index >= 15 is 0 Å². The summed E-state index contributed by atoms with van der Waals surface area (Å²) in [6.07, 6.45) is 0. The van der Waals surface area contributed by atoms with Crippen molar-refractivity contribution in [2.45, 2.75) is 6.92 Å². The van der Waals surface area contributed by atoms with Crippen molar-refractivity contribution in [3.63, 3.8) is 0 Å². The lowest BCUT2D eigenvalue weighted by Crippen LogP contribution is -2.11. The molecule has 0 radical (unpaired) electrons. The molecule has 7 heteroatoms. The highest BCUT2D eigenvalue weighted by atomic mass is 35.5. The van der Waals surface area contributed by atoms with Crippen LogP contribution in [0.25, 0.3) is 0 Å². The molecular weight excluding hydrogens is 275 g/mol. The number of nitrogens with zero attached hydrogens (tertiary/aromatic N) is 2. The molecule has 0 unspecified atom stereocenters. The zero-order chi connectivity index (χ0) is 13.1. The number of nitrogens with two attached hydrogens (primary N) is 1. The first kappa shape index (κ1) is 12.9. The Labute approximate surface area is 114 Å². The fraction of sp³-hybridized carbons (Fsp3) is 0.0909. The summed E-state index contributed by atoms with van der Waals surface area (Å²) in [5.74, 6) is 6.28. The predicted molar refractivity (Wildman–Crippen MR) is 71.1 cm³/mol. The summed E-state index contributed by atoms with van der Waals surface area (Å²) < 4.78 is 5.55. The van der Waals surface area contributed by atoms with Crippen LogP contribution in [0.3, 0.4) is 0 Å². The van der Waals surface area contributed by atoms with Gasteiger partial charge in [-0.25, -0.2) is 10.8 Å². The molecule has 3 N–H and O–H groups in total. The van der Waals surface area contributed by atoms with Gasteiger partial charge in [-0.1, -0.05) is 29.3 Å². The van der Waals surface area contributed by atoms with Gasteiger partial charge in [0, 0.05) is 11.8 Å². The maximum Gasteiger partial charge on any atom is 0.240 e. The van der Waals surface area contributed by atoms with E-state index in [0.717, 1.165) is 0 Å². The fourth-order valence-corrected chi connectivity index (χ4v) is 1.66. The molecule has 94 valence electrons. The number of anilines is 1. The largest absolute Gasteiger partial charge is 0.437 e. The average Bonchev–Trinajstić information content (AvgIpc) is 2.34. The van der Waals surface area contributed by atoms with E-state index < -0.39 is 0 Å². The molecule has 0 aliphatic carbocycles. The molecule has 0 saturated heterocycles. The van der Waals surface area contributed by atoms with Gasteiger partial charge in [0.2, 0.25) is 11.8 Å². The molecule has 0 aliphatic rings. The normalized spacial score (nSPS) is 10.2. The lowest BCUT2D eigenvalue weighted by atomic mass is 10.3. The standard InChI is InChI=1S/C11H10Cl2N4O/c1-6-5-9(16-11(15-6)17-14)18-8-4-2-3-7(12)10(8)13/h2-5H,14H2,1H3,(H,15,16,17). The molecule has 18 heavy (non-hydrogen) atoms. The number of aromatic nitrogens is 2. The van der Waals surface area contributed by atoms with Crippen LogP contribution in [-0.4, -0.2) is 9.97 Å². The molecule has 0 aliphatic heterocycles. The summed E-state index contributed by atoms with van der Waals surface area (Å²) in [4.78, 5) is 8.09. The molecule has 0 saturated carbocycles. The molecule has 0 bridgehead atoms. The van der Waals surface area contributed by atoms with Crippen molar-refractivity contribution >= 4 is 29.2 Å². The molecule has 2 rings (SSSR count). The van der Waals surface area contributed by atoms with Crippen LogP contribution in [-0.2, 0) is 0 Å². The second-order valence-corrected chi connectivity index (χ2v) is 4.25. The Morgan fingerprint density at radius 2 is 2.06 bits per heavy atom. The van der Waals surface area contributed by atoms with Crippen molar-refractivity contribution in [1.82, 2.24) is 9.97 Å². The van der Waals surface area contributed by atoms with Crippen molar-refractivity contribution in [3.8, 4) is 11.6 Å². The third-order valence-corrected chi connectivity index (χ3v) is 2.89. The summed E-state index contributed by atoms with van der Waals surface area (Å²) in [7, 11) is 0. The number of rotatable bonds is 3. The minimum Gasteiger partial charge on any atom is -0.437 e. The summed E-state index contributed by atoms with van der Waals surface area (Å²) in [5.41, 5.74) is 3.07. The highest BCUT2D eigenvalue weighted by Gasteiger charge is 2.09. The lowest BCUT2D eigenvalue weighted by Gasteiger charge is -2.09. The van der Waals surface area contributed by atoms with Crippen LogP contribution in [0.2, 0.25) is 10.0 Å². The second-order valence-electron chi connectivity index (χ2n) is 3.47. The van der Waals surface area contributed by atoms with E-state index in [1.54, 1.807) is 31.2 Å². The smallest absolute Gasteiger partial charge is 0.240 e. The molecule has 0 spiro atoms. The van der Waals surface area contributed by atoms with Crippen LogP contribution < -0.4 is 16.0 Å². The molecule has 0 amide bonds. The average molecular weight is 285 g/mol. The third-order valence-electron chi connectivity index (χ3n) is 2.09. The Balaban J connectivity index is 2.34. The van der Waals surface area contributed by atoms with Gasteiger partial charge in [-0.3, -0.25) is 5.43 Å². The zero-order valence-electron chi connectivity index (χ0n) is 9.45. The number of benzene rings is 1. The third kappa shape index (κ3) is 2.81. The van der Waals surface area contributed by atoms with E-state index in [-0.39, 0.29) is 5.95 Å². The van der Waals surface area contributed by atoms with Gasteiger partial charge in [0.05, 0.1) is 5.02 Å². The topological polar surface area (TPSA) is 73.1 Å². The number of hydrazine groups is 1. The van der Waals surface area contributed by atoms with Crippen LogP contribution in [0, 0.1) is 6.92 Å². The summed E-state index contributed by atoms with van der Waals surface area (Å²) in [6, 6.07) is 6.77. The van der Waals surface area contributed by atoms with Crippen LogP contribution >= 0.6 is 23.2 Å². The molecule has 0 atom stereocenters. The first-order valence-electron chi connectivity index (χ1n) is 5.04. The van der Waals surface area contributed by atoms with Gasteiger partial charge in [-0.2, -0.15) is 4.98 Å². The maximum absolute atomic E-state index is 6.02. The SMILES string of the molecule is Cc1cc(Oc2cccc(Cl)c2Cl)nc(NN)n1. The van der Waals surface area contributed by atoms with E-state index in [9.17, 15) is 0 Å². The monoisotopic (exact) mass is 284 g/mol. The van der Waals surface area contributed by atoms with Crippen molar-refractivity contribution in [3.05, 3.63) is 40.0 Å². The van der Waals surface area contributed by atoms with E-state index in [2.05, 4.69) is 15.4 Å².